The quantitative estimate of drug-likeness (QED) is 0.277. The number of carbonyl (C=O) groups is 1. The summed E-state index contributed by atoms with van der Waals surface area (Å²) in [6.45, 7) is 0. The summed E-state index contributed by atoms with van der Waals surface area (Å²) >= 11 is 0. The van der Waals surface area contributed by atoms with Crippen molar-refractivity contribution in [2.45, 2.75) is 5.92 Å². The summed E-state index contributed by atoms with van der Waals surface area (Å²) in [6, 6.07) is 3.30. The van der Waals surface area contributed by atoms with Crippen LogP contribution in [0.5, 0.6) is 0 Å². The lowest BCUT2D eigenvalue weighted by Crippen LogP contribution is -1.99. The third-order valence-electron chi connectivity index (χ3n) is 1.25. The van der Waals surface area contributed by atoms with Gasteiger partial charge in [0, 0.05) is 0 Å². The molecule has 0 N–H and O–H groups in total. The monoisotopic (exact) mass is 150 g/mol. The van der Waals surface area contributed by atoms with E-state index in [-0.39, 0.29) is 0 Å². The molecule has 0 amide bonds. The van der Waals surface area contributed by atoms with E-state index in [1.165, 1.54) is 6.26 Å². The standard InChI is InChI=1S/C7H6N2O2/c8-9-4-6(5-10)7-2-1-3-11-7/h1-6H. The molecule has 1 aromatic heterocycles. The Morgan fingerprint density at radius 3 is 3.00 bits per heavy atom. The molecule has 0 saturated carbocycles. The summed E-state index contributed by atoms with van der Waals surface area (Å²) in [6.07, 6.45) is 3.20. The van der Waals surface area contributed by atoms with E-state index in [9.17, 15) is 4.79 Å². The maximum atomic E-state index is 10.3. The van der Waals surface area contributed by atoms with Crippen molar-refractivity contribution >= 4 is 12.5 Å². The van der Waals surface area contributed by atoms with E-state index < -0.39 is 5.92 Å². The summed E-state index contributed by atoms with van der Waals surface area (Å²) in [5, 5.41) is 0. The van der Waals surface area contributed by atoms with Crippen LogP contribution in [0, 0.1) is 0 Å². The molecule has 1 unspecified atom stereocenters. The second-order valence-electron chi connectivity index (χ2n) is 1.94. The SMILES string of the molecule is [N-]=[N+]=CC(C=O)c1ccco1. The number of hydrogen-bond acceptors (Lipinski definition) is 2. The van der Waals surface area contributed by atoms with Crippen LogP contribution in [0.3, 0.4) is 0 Å². The van der Waals surface area contributed by atoms with Gasteiger partial charge in [-0.3, -0.25) is 0 Å². The minimum Gasteiger partial charge on any atom is -0.468 e. The largest absolute Gasteiger partial charge is 0.468 e. The Hall–Kier alpha value is -1.67. The molecule has 0 aromatic carbocycles. The average Bonchev–Trinajstić information content (AvgIpc) is 2.52. The van der Waals surface area contributed by atoms with Gasteiger partial charge in [-0.1, -0.05) is 0 Å². The average molecular weight is 150 g/mol. The summed E-state index contributed by atoms with van der Waals surface area (Å²) in [7, 11) is 0. The van der Waals surface area contributed by atoms with Crippen LogP contribution in [0.15, 0.2) is 22.8 Å². The number of nitrogens with zero attached hydrogens (tertiary/aromatic N) is 2. The van der Waals surface area contributed by atoms with E-state index in [0.29, 0.717) is 12.0 Å². The zero-order valence-electron chi connectivity index (χ0n) is 5.68. The lowest BCUT2D eigenvalue weighted by Gasteiger charge is -1.90. The van der Waals surface area contributed by atoms with Crippen molar-refractivity contribution in [1.82, 2.24) is 0 Å². The van der Waals surface area contributed by atoms with Crippen LogP contribution in [-0.4, -0.2) is 17.3 Å². The molecule has 1 aromatic rings. The van der Waals surface area contributed by atoms with E-state index in [4.69, 9.17) is 9.95 Å². The molecule has 1 heterocycles. The highest BCUT2D eigenvalue weighted by Gasteiger charge is 2.13. The summed E-state index contributed by atoms with van der Waals surface area (Å²) in [5.41, 5.74) is 8.14. The van der Waals surface area contributed by atoms with Gasteiger partial charge in [-0.05, 0) is 12.1 Å². The van der Waals surface area contributed by atoms with Gasteiger partial charge in [0.2, 0.25) is 0 Å². The van der Waals surface area contributed by atoms with Crippen molar-refractivity contribution in [3.63, 3.8) is 0 Å². The lowest BCUT2D eigenvalue weighted by molar-refractivity contribution is -0.108. The van der Waals surface area contributed by atoms with Crippen molar-refractivity contribution < 1.29 is 14.0 Å². The fourth-order valence-electron chi connectivity index (χ4n) is 0.728. The van der Waals surface area contributed by atoms with Crippen molar-refractivity contribution in [3.05, 3.63) is 29.7 Å². The van der Waals surface area contributed by atoms with Gasteiger partial charge in [-0.25, -0.2) is 0 Å². The van der Waals surface area contributed by atoms with Gasteiger partial charge >= 0.3 is 0 Å². The van der Waals surface area contributed by atoms with Crippen LogP contribution < -0.4 is 0 Å². The van der Waals surface area contributed by atoms with Gasteiger partial charge in [-0.15, -0.1) is 0 Å². The minimum atomic E-state index is -0.588. The third kappa shape index (κ3) is 1.63. The van der Waals surface area contributed by atoms with E-state index >= 15 is 0 Å². The van der Waals surface area contributed by atoms with Crippen LogP contribution in [0.2, 0.25) is 0 Å². The molecule has 56 valence electrons. The van der Waals surface area contributed by atoms with Crippen LogP contribution in [-0.2, 0) is 4.79 Å². The van der Waals surface area contributed by atoms with Gasteiger partial charge in [-0.2, -0.15) is 4.79 Å². The topological polar surface area (TPSA) is 66.6 Å². The molecule has 0 bridgehead atoms. The predicted molar refractivity (Wildman–Crippen MR) is 37.2 cm³/mol. The summed E-state index contributed by atoms with van der Waals surface area (Å²) < 4.78 is 4.91. The second kappa shape index (κ2) is 3.49. The number of aldehydes is 1. The van der Waals surface area contributed by atoms with Gasteiger partial charge in [0.15, 0.2) is 5.92 Å². The lowest BCUT2D eigenvalue weighted by atomic mass is 10.1. The first-order valence-corrected chi connectivity index (χ1v) is 3.04. The van der Waals surface area contributed by atoms with Crippen LogP contribution in [0.25, 0.3) is 5.53 Å². The molecule has 1 atom stereocenters. The van der Waals surface area contributed by atoms with Crippen LogP contribution >= 0.6 is 0 Å². The Balaban J connectivity index is 2.87. The van der Waals surface area contributed by atoms with Crippen molar-refractivity contribution in [2.75, 3.05) is 0 Å². The van der Waals surface area contributed by atoms with Crippen LogP contribution in [0.4, 0.5) is 0 Å². The molecule has 0 radical (unpaired) electrons. The van der Waals surface area contributed by atoms with E-state index in [1.807, 2.05) is 0 Å². The highest BCUT2D eigenvalue weighted by molar-refractivity contribution is 5.84. The van der Waals surface area contributed by atoms with Gasteiger partial charge in [0.25, 0.3) is 6.21 Å². The van der Waals surface area contributed by atoms with E-state index in [1.54, 1.807) is 12.1 Å². The molecule has 0 fully saturated rings. The Labute approximate surface area is 63.1 Å². The van der Waals surface area contributed by atoms with Gasteiger partial charge in [0.05, 0.1) is 6.26 Å². The Morgan fingerprint density at radius 2 is 2.55 bits per heavy atom. The molecule has 0 saturated heterocycles. The maximum absolute atomic E-state index is 10.3. The predicted octanol–water partition coefficient (Wildman–Crippen LogP) is 0.863. The highest BCUT2D eigenvalue weighted by atomic mass is 16.3. The Morgan fingerprint density at radius 1 is 1.73 bits per heavy atom. The first-order valence-electron chi connectivity index (χ1n) is 3.04. The van der Waals surface area contributed by atoms with Gasteiger partial charge in [0.1, 0.15) is 12.0 Å². The highest BCUT2D eigenvalue weighted by Crippen LogP contribution is 2.10. The van der Waals surface area contributed by atoms with E-state index in [0.717, 1.165) is 6.21 Å². The van der Waals surface area contributed by atoms with Crippen LogP contribution in [0.1, 0.15) is 11.7 Å². The normalized spacial score (nSPS) is 11.6. The molecular formula is C7H6N2O2. The third-order valence-corrected chi connectivity index (χ3v) is 1.25. The number of rotatable bonds is 3. The summed E-state index contributed by atoms with van der Waals surface area (Å²) in [4.78, 5) is 13.1. The fraction of sp³-hybridized carbons (Fsp3) is 0.143. The molecule has 0 aliphatic rings. The second-order valence-corrected chi connectivity index (χ2v) is 1.94. The maximum Gasteiger partial charge on any atom is 0.275 e. The molecule has 11 heavy (non-hydrogen) atoms. The number of carbonyl (C=O) groups excluding carboxylic acids is 1. The number of hydrogen-bond donors (Lipinski definition) is 0. The zero-order valence-corrected chi connectivity index (χ0v) is 5.68. The van der Waals surface area contributed by atoms with Crippen molar-refractivity contribution in [2.24, 2.45) is 0 Å². The Kier molecular flexibility index (Phi) is 2.36. The molecule has 4 heteroatoms. The first-order chi connectivity index (χ1) is 5.38. The zero-order chi connectivity index (χ0) is 8.10. The smallest absolute Gasteiger partial charge is 0.275 e. The first kappa shape index (κ1) is 7.44. The molecule has 0 aliphatic heterocycles. The molecule has 1 rings (SSSR count). The summed E-state index contributed by atoms with van der Waals surface area (Å²) in [5.74, 6) is -0.118. The fourth-order valence-corrected chi connectivity index (χ4v) is 0.728. The van der Waals surface area contributed by atoms with Crippen molar-refractivity contribution in [1.29, 1.82) is 0 Å². The molecule has 0 aliphatic carbocycles. The molecule has 0 spiro atoms. The minimum absolute atomic E-state index is 0.470. The number of furan rings is 1. The Bertz CT molecular complexity index is 273. The molecular weight excluding hydrogens is 144 g/mol. The van der Waals surface area contributed by atoms with Gasteiger partial charge < -0.3 is 14.7 Å². The molecule has 4 nitrogen and oxygen atoms in total. The van der Waals surface area contributed by atoms with E-state index in [2.05, 4.69) is 4.79 Å². The van der Waals surface area contributed by atoms with Crippen molar-refractivity contribution in [3.8, 4) is 0 Å².